The summed E-state index contributed by atoms with van der Waals surface area (Å²) in [6, 6.07) is 12.6. The summed E-state index contributed by atoms with van der Waals surface area (Å²) in [5.74, 6) is -0.0873. The third-order valence-electron chi connectivity index (χ3n) is 3.43. The third kappa shape index (κ3) is 3.54. The molecule has 2 N–H and O–H groups in total. The number of nitrogens with zero attached hydrogens (tertiary/aromatic N) is 3. The van der Waals surface area contributed by atoms with Crippen LogP contribution < -0.4 is 11.0 Å². The number of halogens is 3. The topological polar surface area (TPSA) is 93.9 Å². The van der Waals surface area contributed by atoms with Gasteiger partial charge in [0.15, 0.2) is 5.82 Å². The number of para-hydroxylation sites is 1. The Morgan fingerprint density at radius 2 is 1.96 bits per heavy atom. The van der Waals surface area contributed by atoms with Gasteiger partial charge >= 0.3 is 6.18 Å². The van der Waals surface area contributed by atoms with Gasteiger partial charge in [-0.15, -0.1) is 0 Å². The zero-order valence-electron chi connectivity index (χ0n) is 13.0. The number of hydrogen-bond donors (Lipinski definition) is 2. The van der Waals surface area contributed by atoms with E-state index < -0.39 is 17.3 Å². The van der Waals surface area contributed by atoms with Crippen LogP contribution >= 0.6 is 0 Å². The minimum Gasteiger partial charge on any atom is -0.304 e. The molecule has 0 radical (unpaired) electrons. The van der Waals surface area contributed by atoms with E-state index in [1.165, 1.54) is 12.1 Å². The number of nitrogens with one attached hydrogen (secondary N) is 2. The first-order valence-electron chi connectivity index (χ1n) is 7.29. The van der Waals surface area contributed by atoms with Gasteiger partial charge < -0.3 is 4.98 Å². The van der Waals surface area contributed by atoms with Crippen LogP contribution in [-0.4, -0.2) is 15.7 Å². The lowest BCUT2D eigenvalue weighted by Crippen LogP contribution is -2.16. The molecule has 0 fully saturated rings. The molecule has 3 aromatic rings. The molecule has 0 aliphatic carbocycles. The van der Waals surface area contributed by atoms with Crippen LogP contribution in [0.4, 0.5) is 18.9 Å². The van der Waals surface area contributed by atoms with Crippen LogP contribution in [0.2, 0.25) is 0 Å². The van der Waals surface area contributed by atoms with Gasteiger partial charge in [0.05, 0.1) is 22.2 Å². The summed E-state index contributed by atoms with van der Waals surface area (Å²) in [5, 5.41) is 13.3. The summed E-state index contributed by atoms with van der Waals surface area (Å²) in [7, 11) is 0. The Kier molecular flexibility index (Phi) is 4.41. The Bertz CT molecular complexity index is 1100. The van der Waals surface area contributed by atoms with Gasteiger partial charge in [-0.3, -0.25) is 10.2 Å². The first-order valence-corrected chi connectivity index (χ1v) is 7.29. The van der Waals surface area contributed by atoms with Crippen molar-refractivity contribution in [2.45, 2.75) is 6.18 Å². The number of benzene rings is 2. The highest BCUT2D eigenvalue weighted by molar-refractivity contribution is 6.10. The minimum absolute atomic E-state index is 0.0377. The third-order valence-corrected chi connectivity index (χ3v) is 3.43. The van der Waals surface area contributed by atoms with E-state index in [0.717, 1.165) is 12.1 Å². The van der Waals surface area contributed by atoms with E-state index in [2.05, 4.69) is 20.5 Å². The quantitative estimate of drug-likeness (QED) is 0.556. The van der Waals surface area contributed by atoms with Gasteiger partial charge in [-0.2, -0.15) is 23.5 Å². The van der Waals surface area contributed by atoms with Crippen molar-refractivity contribution < 1.29 is 13.2 Å². The van der Waals surface area contributed by atoms with Gasteiger partial charge in [-0.1, -0.05) is 18.2 Å². The van der Waals surface area contributed by atoms with Gasteiger partial charge in [0.1, 0.15) is 6.07 Å². The number of aromatic amines is 1. The molecular formula is C17H10F3N5O. The van der Waals surface area contributed by atoms with Crippen LogP contribution in [0, 0.1) is 11.3 Å². The predicted octanol–water partition coefficient (Wildman–Crippen LogP) is 3.28. The number of hydrazone groups is 1. The number of rotatable bonds is 3. The van der Waals surface area contributed by atoms with Gasteiger partial charge in [0.25, 0.3) is 5.56 Å². The highest BCUT2D eigenvalue weighted by Gasteiger charge is 2.30. The number of nitriles is 1. The number of fused-ring (bicyclic) bond motifs is 1. The smallest absolute Gasteiger partial charge is 0.304 e. The van der Waals surface area contributed by atoms with E-state index in [0.29, 0.717) is 10.9 Å². The molecule has 9 heteroatoms. The Balaban J connectivity index is 1.95. The Hall–Kier alpha value is -3.67. The Labute approximate surface area is 144 Å². The summed E-state index contributed by atoms with van der Waals surface area (Å²) >= 11 is 0. The van der Waals surface area contributed by atoms with Crippen molar-refractivity contribution in [3.05, 3.63) is 70.3 Å². The monoisotopic (exact) mass is 357 g/mol. The summed E-state index contributed by atoms with van der Waals surface area (Å²) in [4.78, 5) is 18.6. The van der Waals surface area contributed by atoms with Crippen molar-refractivity contribution in [1.29, 1.82) is 5.26 Å². The van der Waals surface area contributed by atoms with Crippen LogP contribution in [0.1, 0.15) is 11.4 Å². The number of aromatic nitrogens is 2. The highest BCUT2D eigenvalue weighted by atomic mass is 19.4. The van der Waals surface area contributed by atoms with E-state index in [4.69, 9.17) is 0 Å². The summed E-state index contributed by atoms with van der Waals surface area (Å²) < 4.78 is 38.2. The molecule has 0 amide bonds. The van der Waals surface area contributed by atoms with Gasteiger partial charge in [-0.25, -0.2) is 4.98 Å². The fraction of sp³-hybridized carbons (Fsp3) is 0.0588. The maximum atomic E-state index is 12.7. The number of anilines is 1. The molecule has 2 aromatic carbocycles. The molecule has 0 aliphatic heterocycles. The highest BCUT2D eigenvalue weighted by Crippen LogP contribution is 2.30. The Morgan fingerprint density at radius 3 is 2.69 bits per heavy atom. The van der Waals surface area contributed by atoms with E-state index in [-0.39, 0.29) is 17.2 Å². The lowest BCUT2D eigenvalue weighted by atomic mass is 10.2. The molecule has 1 aromatic heterocycles. The van der Waals surface area contributed by atoms with Crippen LogP contribution in [-0.2, 0) is 6.18 Å². The maximum absolute atomic E-state index is 12.7. The fourth-order valence-electron chi connectivity index (χ4n) is 2.21. The summed E-state index contributed by atoms with van der Waals surface area (Å²) in [6.45, 7) is 0. The summed E-state index contributed by atoms with van der Waals surface area (Å²) in [6.07, 6.45) is -4.50. The average molecular weight is 357 g/mol. The molecule has 130 valence electrons. The zero-order valence-corrected chi connectivity index (χ0v) is 13.0. The van der Waals surface area contributed by atoms with Gasteiger partial charge in [0, 0.05) is 0 Å². The lowest BCUT2D eigenvalue weighted by Gasteiger charge is -2.08. The lowest BCUT2D eigenvalue weighted by molar-refractivity contribution is -0.137. The number of H-pyrrole nitrogens is 1. The van der Waals surface area contributed by atoms with Crippen molar-refractivity contribution in [3.8, 4) is 6.07 Å². The van der Waals surface area contributed by atoms with Crippen molar-refractivity contribution >= 4 is 22.3 Å². The van der Waals surface area contributed by atoms with Crippen LogP contribution in [0.5, 0.6) is 0 Å². The van der Waals surface area contributed by atoms with E-state index in [1.807, 2.05) is 0 Å². The molecular weight excluding hydrogens is 347 g/mol. The van der Waals surface area contributed by atoms with Crippen molar-refractivity contribution in [2.75, 3.05) is 5.43 Å². The molecule has 0 bridgehead atoms. The van der Waals surface area contributed by atoms with E-state index >= 15 is 0 Å². The molecule has 0 aliphatic rings. The SMILES string of the molecule is N#C/C(=N/Nc1cccc(C(F)(F)F)c1)c1nc2ccccc2c(=O)[nH]1. The maximum Gasteiger partial charge on any atom is 0.416 e. The van der Waals surface area contributed by atoms with Crippen LogP contribution in [0.25, 0.3) is 10.9 Å². The Morgan fingerprint density at radius 1 is 1.19 bits per heavy atom. The molecule has 0 saturated heterocycles. The first-order chi connectivity index (χ1) is 12.4. The second-order valence-corrected chi connectivity index (χ2v) is 5.19. The number of alkyl halides is 3. The van der Waals surface area contributed by atoms with Gasteiger partial charge in [0.2, 0.25) is 5.71 Å². The first kappa shape index (κ1) is 17.2. The molecule has 0 unspecified atom stereocenters. The van der Waals surface area contributed by atoms with Gasteiger partial charge in [-0.05, 0) is 30.3 Å². The van der Waals surface area contributed by atoms with Crippen LogP contribution in [0.3, 0.4) is 0 Å². The summed E-state index contributed by atoms with van der Waals surface area (Å²) in [5.41, 5.74) is 1.21. The number of hydrogen-bond acceptors (Lipinski definition) is 5. The fourth-order valence-corrected chi connectivity index (χ4v) is 2.21. The zero-order chi connectivity index (χ0) is 18.7. The minimum atomic E-state index is -4.50. The molecule has 6 nitrogen and oxygen atoms in total. The van der Waals surface area contributed by atoms with Crippen molar-refractivity contribution in [3.63, 3.8) is 0 Å². The van der Waals surface area contributed by atoms with E-state index in [9.17, 15) is 23.2 Å². The largest absolute Gasteiger partial charge is 0.416 e. The van der Waals surface area contributed by atoms with E-state index in [1.54, 1.807) is 30.3 Å². The molecule has 0 spiro atoms. The second-order valence-electron chi connectivity index (χ2n) is 5.19. The molecule has 1 heterocycles. The van der Waals surface area contributed by atoms with Crippen molar-refractivity contribution in [1.82, 2.24) is 9.97 Å². The van der Waals surface area contributed by atoms with Crippen LogP contribution in [0.15, 0.2) is 58.4 Å². The molecule has 26 heavy (non-hydrogen) atoms. The predicted molar refractivity (Wildman–Crippen MR) is 89.6 cm³/mol. The molecule has 3 rings (SSSR count). The molecule has 0 saturated carbocycles. The normalized spacial score (nSPS) is 12.0. The second kappa shape index (κ2) is 6.68. The molecule has 0 atom stereocenters. The van der Waals surface area contributed by atoms with Crippen molar-refractivity contribution in [2.24, 2.45) is 5.10 Å². The standard InChI is InChI=1S/C17H10F3N5O/c18-17(19,20)10-4-3-5-11(8-10)24-25-14(9-21)15-22-13-7-2-1-6-12(13)16(26)23-15/h1-8,24H,(H,22,23,26)/b25-14-. The average Bonchev–Trinajstić information content (AvgIpc) is 2.62.